The number of amides is 1. The summed E-state index contributed by atoms with van der Waals surface area (Å²) in [5, 5.41) is 2.66. The van der Waals surface area contributed by atoms with Crippen molar-refractivity contribution in [3.8, 4) is 11.1 Å². The summed E-state index contributed by atoms with van der Waals surface area (Å²) in [4.78, 5) is 29.8. The molecule has 0 fully saturated rings. The average molecular weight is 369 g/mol. The summed E-state index contributed by atoms with van der Waals surface area (Å²) in [5.41, 5.74) is 8.31. The number of primary amides is 1. The molecule has 5 nitrogen and oxygen atoms in total. The van der Waals surface area contributed by atoms with E-state index in [2.05, 4.69) is 0 Å². The number of thiophene rings is 1. The Kier molecular flexibility index (Phi) is 5.23. The average Bonchev–Trinajstić information content (AvgIpc) is 3.01. The van der Waals surface area contributed by atoms with Crippen LogP contribution in [0.4, 0.5) is 0 Å². The molecule has 0 aliphatic carbocycles. The van der Waals surface area contributed by atoms with E-state index < -0.39 is 0 Å². The van der Waals surface area contributed by atoms with Gasteiger partial charge in [-0.05, 0) is 18.9 Å². The molecule has 6 heteroatoms. The lowest BCUT2D eigenvalue weighted by molar-refractivity contribution is -0.118. The van der Waals surface area contributed by atoms with Crippen molar-refractivity contribution in [3.63, 3.8) is 0 Å². The third-order valence-electron chi connectivity index (χ3n) is 4.41. The number of nitrogens with zero attached hydrogens (tertiary/aromatic N) is 2. The van der Waals surface area contributed by atoms with Crippen LogP contribution in [0.1, 0.15) is 44.0 Å². The highest BCUT2D eigenvalue weighted by molar-refractivity contribution is 7.17. The molecule has 1 amide bonds. The second kappa shape index (κ2) is 7.41. The van der Waals surface area contributed by atoms with Crippen LogP contribution >= 0.6 is 11.3 Å². The fourth-order valence-electron chi connectivity index (χ4n) is 3.05. The largest absolute Gasteiger partial charge is 0.370 e. The summed E-state index contributed by atoms with van der Waals surface area (Å²) in [7, 11) is 0. The number of aromatic nitrogens is 2. The second-order valence-electron chi connectivity index (χ2n) is 6.85. The summed E-state index contributed by atoms with van der Waals surface area (Å²) in [6, 6.07) is 8.15. The molecule has 0 aliphatic rings. The summed E-state index contributed by atoms with van der Waals surface area (Å²) in [6.07, 6.45) is 0.794. The van der Waals surface area contributed by atoms with Crippen molar-refractivity contribution in [1.82, 2.24) is 9.55 Å². The molecule has 2 N–H and O–H groups in total. The molecule has 0 saturated carbocycles. The zero-order valence-electron chi connectivity index (χ0n) is 15.3. The van der Waals surface area contributed by atoms with Crippen LogP contribution in [0, 0.1) is 6.92 Å². The third-order valence-corrected chi connectivity index (χ3v) is 5.28. The fourth-order valence-corrected chi connectivity index (χ4v) is 4.00. The molecule has 3 aromatic rings. The Bertz CT molecular complexity index is 1000. The van der Waals surface area contributed by atoms with E-state index in [1.165, 1.54) is 16.9 Å². The van der Waals surface area contributed by atoms with Crippen LogP contribution in [0.15, 0.2) is 34.4 Å². The SMILES string of the molecule is Cc1ccc(-c2csc3nc(C(C)C)n(CCCC(N)=O)c(=O)c23)cc1. The van der Waals surface area contributed by atoms with Gasteiger partial charge in [-0.2, -0.15) is 0 Å². The van der Waals surface area contributed by atoms with Crippen molar-refractivity contribution in [2.75, 3.05) is 0 Å². The van der Waals surface area contributed by atoms with Crippen LogP contribution in [-0.2, 0) is 11.3 Å². The van der Waals surface area contributed by atoms with Crippen molar-refractivity contribution in [3.05, 3.63) is 51.4 Å². The molecule has 3 rings (SSSR count). The molecule has 1 aromatic carbocycles. The highest BCUT2D eigenvalue weighted by atomic mass is 32.1. The second-order valence-corrected chi connectivity index (χ2v) is 7.71. The number of nitrogens with two attached hydrogens (primary N) is 1. The summed E-state index contributed by atoms with van der Waals surface area (Å²) < 4.78 is 1.71. The van der Waals surface area contributed by atoms with Gasteiger partial charge in [0.05, 0.1) is 5.39 Å². The van der Waals surface area contributed by atoms with E-state index in [0.29, 0.717) is 18.4 Å². The number of carbonyl (C=O) groups is 1. The van der Waals surface area contributed by atoms with Gasteiger partial charge in [-0.25, -0.2) is 4.98 Å². The lowest BCUT2D eigenvalue weighted by atomic mass is 10.0. The van der Waals surface area contributed by atoms with Crippen LogP contribution in [0.3, 0.4) is 0 Å². The first-order valence-corrected chi connectivity index (χ1v) is 9.63. The molecular formula is C20H23N3O2S. The lowest BCUT2D eigenvalue weighted by Crippen LogP contribution is -2.26. The Morgan fingerprint density at radius 1 is 1.27 bits per heavy atom. The molecule has 26 heavy (non-hydrogen) atoms. The van der Waals surface area contributed by atoms with E-state index in [1.54, 1.807) is 4.57 Å². The van der Waals surface area contributed by atoms with Gasteiger partial charge < -0.3 is 5.73 Å². The summed E-state index contributed by atoms with van der Waals surface area (Å²) >= 11 is 1.50. The quantitative estimate of drug-likeness (QED) is 0.717. The molecule has 0 aliphatic heterocycles. The normalized spacial score (nSPS) is 11.4. The maximum Gasteiger partial charge on any atom is 0.262 e. The van der Waals surface area contributed by atoms with E-state index in [9.17, 15) is 9.59 Å². The highest BCUT2D eigenvalue weighted by Gasteiger charge is 2.18. The van der Waals surface area contributed by atoms with Crippen molar-refractivity contribution >= 4 is 27.5 Å². The Labute approximate surface area is 156 Å². The molecule has 136 valence electrons. The van der Waals surface area contributed by atoms with Crippen molar-refractivity contribution in [2.45, 2.75) is 46.1 Å². The Hall–Kier alpha value is -2.47. The first kappa shape index (κ1) is 18.3. The van der Waals surface area contributed by atoms with E-state index in [4.69, 9.17) is 10.7 Å². The van der Waals surface area contributed by atoms with Crippen molar-refractivity contribution in [1.29, 1.82) is 0 Å². The minimum Gasteiger partial charge on any atom is -0.370 e. The van der Waals surface area contributed by atoms with Gasteiger partial charge in [0.2, 0.25) is 5.91 Å². The number of hydrogen-bond acceptors (Lipinski definition) is 4. The zero-order valence-corrected chi connectivity index (χ0v) is 16.1. The molecule has 0 unspecified atom stereocenters. The standard InChI is InChI=1S/C20H23N3O2S/c1-12(2)18-22-19-17(20(25)23(18)10-4-5-16(21)24)15(11-26-19)14-8-6-13(3)7-9-14/h6-9,11-12H,4-5,10H2,1-3H3,(H2,21,24). The fraction of sp³-hybridized carbons (Fsp3) is 0.350. The number of fused-ring (bicyclic) bond motifs is 1. The zero-order chi connectivity index (χ0) is 18.8. The maximum absolute atomic E-state index is 13.3. The van der Waals surface area contributed by atoms with E-state index >= 15 is 0 Å². The Morgan fingerprint density at radius 3 is 2.58 bits per heavy atom. The van der Waals surface area contributed by atoms with Gasteiger partial charge in [-0.15, -0.1) is 11.3 Å². The Balaban J connectivity index is 2.15. The predicted octanol–water partition coefficient (Wildman–Crippen LogP) is 3.82. The summed E-state index contributed by atoms with van der Waals surface area (Å²) in [6.45, 7) is 6.53. The van der Waals surface area contributed by atoms with E-state index in [1.807, 2.05) is 50.4 Å². The van der Waals surface area contributed by atoms with Crippen molar-refractivity contribution < 1.29 is 4.79 Å². The molecular weight excluding hydrogens is 346 g/mol. The van der Waals surface area contributed by atoms with Gasteiger partial charge >= 0.3 is 0 Å². The Morgan fingerprint density at radius 2 is 1.96 bits per heavy atom. The van der Waals surface area contributed by atoms with Gasteiger partial charge in [0.25, 0.3) is 5.56 Å². The number of carbonyl (C=O) groups excluding carboxylic acids is 1. The van der Waals surface area contributed by atoms with E-state index in [0.717, 1.165) is 21.8 Å². The molecule has 0 bridgehead atoms. The number of hydrogen-bond donors (Lipinski definition) is 1. The molecule has 0 spiro atoms. The van der Waals surface area contributed by atoms with Crippen LogP contribution in [-0.4, -0.2) is 15.5 Å². The molecule has 0 atom stereocenters. The van der Waals surface area contributed by atoms with Gasteiger partial charge in [-0.3, -0.25) is 14.2 Å². The molecule has 2 heterocycles. The third kappa shape index (κ3) is 3.55. The topological polar surface area (TPSA) is 78.0 Å². The van der Waals surface area contributed by atoms with Crippen LogP contribution in [0.5, 0.6) is 0 Å². The van der Waals surface area contributed by atoms with Gasteiger partial charge in [0, 0.05) is 29.8 Å². The highest BCUT2D eigenvalue weighted by Crippen LogP contribution is 2.32. The van der Waals surface area contributed by atoms with Gasteiger partial charge in [-0.1, -0.05) is 43.7 Å². The van der Waals surface area contributed by atoms with Gasteiger partial charge in [0.15, 0.2) is 0 Å². The predicted molar refractivity (Wildman–Crippen MR) is 107 cm³/mol. The summed E-state index contributed by atoms with van der Waals surface area (Å²) in [5.74, 6) is 0.518. The molecule has 0 saturated heterocycles. The van der Waals surface area contributed by atoms with Crippen LogP contribution in [0.25, 0.3) is 21.3 Å². The van der Waals surface area contributed by atoms with Crippen LogP contribution in [0.2, 0.25) is 0 Å². The monoisotopic (exact) mass is 369 g/mol. The molecule has 2 aromatic heterocycles. The first-order chi connectivity index (χ1) is 12.4. The number of benzene rings is 1. The first-order valence-electron chi connectivity index (χ1n) is 8.75. The molecule has 0 radical (unpaired) electrons. The van der Waals surface area contributed by atoms with Crippen LogP contribution < -0.4 is 11.3 Å². The number of rotatable bonds is 6. The smallest absolute Gasteiger partial charge is 0.262 e. The van der Waals surface area contributed by atoms with E-state index in [-0.39, 0.29) is 23.8 Å². The minimum atomic E-state index is -0.353. The lowest BCUT2D eigenvalue weighted by Gasteiger charge is -2.15. The minimum absolute atomic E-state index is 0.0417. The maximum atomic E-state index is 13.3. The van der Waals surface area contributed by atoms with Gasteiger partial charge in [0.1, 0.15) is 10.7 Å². The van der Waals surface area contributed by atoms with Crippen molar-refractivity contribution in [2.24, 2.45) is 5.73 Å². The number of aryl methyl sites for hydroxylation is 1.